The van der Waals surface area contributed by atoms with Gasteiger partial charge in [0.05, 0.1) is 11.3 Å². The number of aryl methyl sites for hydroxylation is 1. The van der Waals surface area contributed by atoms with Crippen LogP contribution in [0.4, 0.5) is 0 Å². The van der Waals surface area contributed by atoms with E-state index in [0.717, 1.165) is 0 Å². The number of nitrogens with one attached hydrogen (secondary N) is 1. The maximum Gasteiger partial charge on any atom is 0.329 e. The molecule has 8 heteroatoms. The van der Waals surface area contributed by atoms with Crippen LogP contribution in [0.15, 0.2) is 12.5 Å². The van der Waals surface area contributed by atoms with Crippen molar-refractivity contribution in [3.63, 3.8) is 0 Å². The predicted octanol–water partition coefficient (Wildman–Crippen LogP) is 0.806. The van der Waals surface area contributed by atoms with Crippen molar-refractivity contribution in [2.24, 2.45) is 0 Å². The van der Waals surface area contributed by atoms with E-state index < -0.39 is 17.4 Å². The monoisotopic (exact) mass is 291 g/mol. The topological polar surface area (TPSA) is 109 Å². The van der Waals surface area contributed by atoms with Gasteiger partial charge >= 0.3 is 5.97 Å². The number of carboxylic acids is 1. The fourth-order valence-electron chi connectivity index (χ4n) is 2.15. The molecule has 2 aromatic rings. The zero-order valence-electron chi connectivity index (χ0n) is 12.1. The van der Waals surface area contributed by atoms with Crippen LogP contribution in [-0.2, 0) is 4.79 Å². The third-order valence-electron chi connectivity index (χ3n) is 3.40. The number of fused-ring (bicyclic) bond motifs is 1. The normalized spacial score (nSPS) is 13.9. The average Bonchev–Trinajstić information content (AvgIpc) is 2.88. The molecule has 0 fully saturated rings. The maximum absolute atomic E-state index is 12.3. The quantitative estimate of drug-likeness (QED) is 0.843. The summed E-state index contributed by atoms with van der Waals surface area (Å²) in [4.78, 5) is 31.7. The fourth-order valence-corrected chi connectivity index (χ4v) is 2.15. The molecule has 0 saturated carbocycles. The molecule has 8 nitrogen and oxygen atoms in total. The van der Waals surface area contributed by atoms with Crippen molar-refractivity contribution in [1.29, 1.82) is 0 Å². The highest BCUT2D eigenvalue weighted by atomic mass is 16.4. The van der Waals surface area contributed by atoms with Gasteiger partial charge in [0.25, 0.3) is 11.7 Å². The van der Waals surface area contributed by atoms with Gasteiger partial charge in [-0.25, -0.2) is 14.3 Å². The predicted molar refractivity (Wildman–Crippen MR) is 73.9 cm³/mol. The number of carbonyl (C=O) groups excluding carboxylic acids is 1. The Kier molecular flexibility index (Phi) is 3.88. The van der Waals surface area contributed by atoms with E-state index in [0.29, 0.717) is 24.3 Å². The lowest BCUT2D eigenvalue weighted by Gasteiger charge is -2.26. The molecule has 0 radical (unpaired) electrons. The number of aromatic nitrogens is 4. The largest absolute Gasteiger partial charge is 0.480 e. The minimum Gasteiger partial charge on any atom is -0.480 e. The lowest BCUT2D eigenvalue weighted by atomic mass is 9.96. The molecule has 0 aliphatic carbocycles. The first-order valence-corrected chi connectivity index (χ1v) is 6.60. The van der Waals surface area contributed by atoms with E-state index in [1.54, 1.807) is 6.92 Å². The van der Waals surface area contributed by atoms with Gasteiger partial charge in [-0.1, -0.05) is 13.3 Å². The van der Waals surface area contributed by atoms with Crippen molar-refractivity contribution >= 4 is 17.7 Å². The molecule has 1 amide bonds. The smallest absolute Gasteiger partial charge is 0.329 e. The molecular formula is C13H17N5O3. The van der Waals surface area contributed by atoms with Gasteiger partial charge in [0, 0.05) is 6.20 Å². The Bertz CT molecular complexity index is 696. The second kappa shape index (κ2) is 5.47. The van der Waals surface area contributed by atoms with Crippen LogP contribution in [0, 0.1) is 6.92 Å². The van der Waals surface area contributed by atoms with Gasteiger partial charge in [0.1, 0.15) is 11.9 Å². The van der Waals surface area contributed by atoms with Gasteiger partial charge in [0.15, 0.2) is 0 Å². The molecular weight excluding hydrogens is 274 g/mol. The maximum atomic E-state index is 12.3. The molecule has 112 valence electrons. The minimum absolute atomic E-state index is 0.275. The van der Waals surface area contributed by atoms with E-state index in [9.17, 15) is 14.7 Å². The summed E-state index contributed by atoms with van der Waals surface area (Å²) in [6.45, 7) is 5.06. The van der Waals surface area contributed by atoms with Crippen molar-refractivity contribution in [2.45, 2.75) is 39.2 Å². The summed E-state index contributed by atoms with van der Waals surface area (Å²) in [6.07, 6.45) is 3.70. The number of aliphatic carboxylic acids is 1. The molecule has 0 aromatic carbocycles. The van der Waals surface area contributed by atoms with E-state index in [2.05, 4.69) is 20.4 Å². The van der Waals surface area contributed by atoms with Crippen LogP contribution in [-0.4, -0.2) is 42.1 Å². The zero-order chi connectivity index (χ0) is 15.6. The van der Waals surface area contributed by atoms with Crippen molar-refractivity contribution in [1.82, 2.24) is 24.9 Å². The highest BCUT2D eigenvalue weighted by Gasteiger charge is 2.34. The SMILES string of the molecule is CCCC(C)(NC(=O)c1cnc2ncnn2c1C)C(=O)O. The van der Waals surface area contributed by atoms with Gasteiger partial charge in [-0.2, -0.15) is 10.1 Å². The highest BCUT2D eigenvalue weighted by Crippen LogP contribution is 2.15. The van der Waals surface area contributed by atoms with Crippen LogP contribution < -0.4 is 5.32 Å². The molecule has 1 atom stereocenters. The number of amides is 1. The number of nitrogens with zero attached hydrogens (tertiary/aromatic N) is 4. The average molecular weight is 291 g/mol. The van der Waals surface area contributed by atoms with Crippen LogP contribution in [0.1, 0.15) is 42.7 Å². The Balaban J connectivity index is 2.33. The van der Waals surface area contributed by atoms with Crippen LogP contribution in [0.2, 0.25) is 0 Å². The van der Waals surface area contributed by atoms with Crippen LogP contribution in [0.25, 0.3) is 5.78 Å². The van der Waals surface area contributed by atoms with E-state index in [-0.39, 0.29) is 5.56 Å². The zero-order valence-corrected chi connectivity index (χ0v) is 12.1. The molecule has 2 N–H and O–H groups in total. The Hall–Kier alpha value is -2.51. The molecule has 0 aliphatic rings. The third kappa shape index (κ3) is 2.69. The summed E-state index contributed by atoms with van der Waals surface area (Å²) in [6, 6.07) is 0. The first kappa shape index (κ1) is 14.9. The minimum atomic E-state index is -1.31. The van der Waals surface area contributed by atoms with E-state index in [1.165, 1.54) is 24.0 Å². The first-order chi connectivity index (χ1) is 9.89. The van der Waals surface area contributed by atoms with Crippen molar-refractivity contribution in [3.05, 3.63) is 23.8 Å². The Morgan fingerprint density at radius 2 is 2.14 bits per heavy atom. The standard InChI is InChI=1S/C13H17N5O3/c1-4-5-13(3,11(20)21)17-10(19)9-6-14-12-15-7-16-18(12)8(9)2/h6-7H,4-5H2,1-3H3,(H,17,19)(H,20,21). The van der Waals surface area contributed by atoms with Gasteiger partial charge in [-0.3, -0.25) is 4.79 Å². The van der Waals surface area contributed by atoms with Crippen LogP contribution in [0.5, 0.6) is 0 Å². The number of hydrogen-bond donors (Lipinski definition) is 2. The lowest BCUT2D eigenvalue weighted by molar-refractivity contribution is -0.144. The summed E-state index contributed by atoms with van der Waals surface area (Å²) >= 11 is 0. The Morgan fingerprint density at radius 1 is 1.43 bits per heavy atom. The van der Waals surface area contributed by atoms with E-state index in [1.807, 2.05) is 6.92 Å². The summed E-state index contributed by atoms with van der Waals surface area (Å²) in [5.41, 5.74) is -0.480. The molecule has 2 aromatic heterocycles. The number of carboxylic acid groups (broad SMARTS) is 1. The molecule has 0 saturated heterocycles. The molecule has 1 unspecified atom stereocenters. The molecule has 2 heterocycles. The number of carbonyl (C=O) groups is 2. The van der Waals surface area contributed by atoms with E-state index >= 15 is 0 Å². The van der Waals surface area contributed by atoms with Crippen molar-refractivity contribution in [2.75, 3.05) is 0 Å². The Morgan fingerprint density at radius 3 is 2.76 bits per heavy atom. The van der Waals surface area contributed by atoms with Gasteiger partial charge < -0.3 is 10.4 Å². The van der Waals surface area contributed by atoms with Crippen LogP contribution in [0.3, 0.4) is 0 Å². The van der Waals surface area contributed by atoms with Gasteiger partial charge in [-0.05, 0) is 20.3 Å². The first-order valence-electron chi connectivity index (χ1n) is 6.60. The number of rotatable bonds is 5. The second-order valence-corrected chi connectivity index (χ2v) is 5.07. The van der Waals surface area contributed by atoms with E-state index in [4.69, 9.17) is 0 Å². The summed E-state index contributed by atoms with van der Waals surface area (Å²) in [7, 11) is 0. The van der Waals surface area contributed by atoms with Gasteiger partial charge in [0.2, 0.25) is 0 Å². The van der Waals surface area contributed by atoms with Gasteiger partial charge in [-0.15, -0.1) is 0 Å². The molecule has 0 bridgehead atoms. The van der Waals surface area contributed by atoms with Crippen molar-refractivity contribution in [3.8, 4) is 0 Å². The highest BCUT2D eigenvalue weighted by molar-refractivity contribution is 5.98. The second-order valence-electron chi connectivity index (χ2n) is 5.07. The fraction of sp³-hybridized carbons (Fsp3) is 0.462. The molecule has 0 aliphatic heterocycles. The molecule has 21 heavy (non-hydrogen) atoms. The molecule has 2 rings (SSSR count). The summed E-state index contributed by atoms with van der Waals surface area (Å²) < 4.78 is 1.44. The molecule has 0 spiro atoms. The van der Waals surface area contributed by atoms with Crippen LogP contribution >= 0.6 is 0 Å². The van der Waals surface area contributed by atoms with Crippen molar-refractivity contribution < 1.29 is 14.7 Å². The Labute approximate surface area is 121 Å². The summed E-state index contributed by atoms with van der Waals surface area (Å²) in [5, 5.41) is 15.9. The third-order valence-corrected chi connectivity index (χ3v) is 3.40. The summed E-state index contributed by atoms with van der Waals surface area (Å²) in [5.74, 6) is -1.17. The lowest BCUT2D eigenvalue weighted by Crippen LogP contribution is -2.52. The number of hydrogen-bond acceptors (Lipinski definition) is 5.